The first-order valence-corrected chi connectivity index (χ1v) is 10.6. The molecule has 2 rings (SSSR count). The first-order chi connectivity index (χ1) is 15.1. The standard InChI is InChI=1S/C22H24BrF3N2O4/c1-4-27-18-10-6-14(22(24,25)26)12-19(18)28-20(29)16(21(30)32-3)8-5-13-11-15(31-2)7-9-17(13)23/h6-7,9-12,16,27H,4-5,8H2,1-3H3,(H,28,29). The summed E-state index contributed by atoms with van der Waals surface area (Å²) in [6.07, 6.45) is -4.17. The van der Waals surface area contributed by atoms with E-state index >= 15 is 0 Å². The Morgan fingerprint density at radius 1 is 1.09 bits per heavy atom. The lowest BCUT2D eigenvalue weighted by atomic mass is 9.98. The van der Waals surface area contributed by atoms with Crippen LogP contribution in [0, 0.1) is 5.92 Å². The van der Waals surface area contributed by atoms with Crippen molar-refractivity contribution < 1.29 is 32.2 Å². The van der Waals surface area contributed by atoms with Crippen molar-refractivity contribution in [2.45, 2.75) is 25.9 Å². The molecule has 0 saturated carbocycles. The Morgan fingerprint density at radius 3 is 2.41 bits per heavy atom. The molecule has 1 unspecified atom stereocenters. The van der Waals surface area contributed by atoms with Crippen LogP contribution in [-0.2, 0) is 26.9 Å². The van der Waals surface area contributed by atoms with E-state index in [9.17, 15) is 22.8 Å². The Kier molecular flexibility index (Phi) is 8.94. The number of esters is 1. The van der Waals surface area contributed by atoms with Gasteiger partial charge in [0, 0.05) is 11.0 Å². The third kappa shape index (κ3) is 6.62. The van der Waals surface area contributed by atoms with Crippen LogP contribution in [0.1, 0.15) is 24.5 Å². The third-order valence-corrected chi connectivity index (χ3v) is 5.50. The fourth-order valence-corrected chi connectivity index (χ4v) is 3.50. The maximum atomic E-state index is 13.2. The number of hydrogen-bond acceptors (Lipinski definition) is 5. The predicted molar refractivity (Wildman–Crippen MR) is 119 cm³/mol. The third-order valence-electron chi connectivity index (χ3n) is 4.73. The number of methoxy groups -OCH3 is 2. The second-order valence-electron chi connectivity index (χ2n) is 6.85. The van der Waals surface area contributed by atoms with Gasteiger partial charge in [0.25, 0.3) is 0 Å². The lowest BCUT2D eigenvalue weighted by Crippen LogP contribution is -2.31. The summed E-state index contributed by atoms with van der Waals surface area (Å²) in [5.74, 6) is -2.14. The van der Waals surface area contributed by atoms with Gasteiger partial charge in [0.1, 0.15) is 11.7 Å². The molecule has 1 amide bonds. The van der Waals surface area contributed by atoms with Crippen LogP contribution >= 0.6 is 15.9 Å². The molecule has 0 heterocycles. The summed E-state index contributed by atoms with van der Waals surface area (Å²) in [5.41, 5.74) is 0.138. The summed E-state index contributed by atoms with van der Waals surface area (Å²) in [4.78, 5) is 25.2. The van der Waals surface area contributed by atoms with Gasteiger partial charge in [-0.25, -0.2) is 0 Å². The van der Waals surface area contributed by atoms with Crippen LogP contribution in [0.2, 0.25) is 0 Å². The number of aryl methyl sites for hydroxylation is 1. The largest absolute Gasteiger partial charge is 0.497 e. The van der Waals surface area contributed by atoms with Crippen LogP contribution in [-0.4, -0.2) is 32.6 Å². The number of rotatable bonds is 9. The van der Waals surface area contributed by atoms with Crippen molar-refractivity contribution in [3.8, 4) is 5.75 Å². The van der Waals surface area contributed by atoms with Crippen molar-refractivity contribution in [1.29, 1.82) is 0 Å². The quantitative estimate of drug-likeness (QED) is 0.350. The van der Waals surface area contributed by atoms with Crippen molar-refractivity contribution >= 4 is 39.2 Å². The number of halogens is 4. The summed E-state index contributed by atoms with van der Waals surface area (Å²) in [7, 11) is 2.67. The van der Waals surface area contributed by atoms with Gasteiger partial charge >= 0.3 is 12.1 Å². The van der Waals surface area contributed by atoms with E-state index in [4.69, 9.17) is 9.47 Å². The van der Waals surface area contributed by atoms with Gasteiger partial charge in [-0.3, -0.25) is 9.59 Å². The highest BCUT2D eigenvalue weighted by atomic mass is 79.9. The summed E-state index contributed by atoms with van der Waals surface area (Å²) >= 11 is 3.42. The van der Waals surface area contributed by atoms with Crippen molar-refractivity contribution in [1.82, 2.24) is 0 Å². The molecule has 0 radical (unpaired) electrons. The summed E-state index contributed by atoms with van der Waals surface area (Å²) in [6, 6.07) is 8.31. The zero-order valence-corrected chi connectivity index (χ0v) is 19.4. The summed E-state index contributed by atoms with van der Waals surface area (Å²) in [5, 5.41) is 5.36. The molecule has 32 heavy (non-hydrogen) atoms. The molecule has 0 spiro atoms. The van der Waals surface area contributed by atoms with E-state index in [2.05, 4.69) is 26.6 Å². The molecular weight excluding hydrogens is 493 g/mol. The zero-order valence-electron chi connectivity index (χ0n) is 17.8. The van der Waals surface area contributed by atoms with Gasteiger partial charge in [0.15, 0.2) is 0 Å². The molecule has 1 atom stereocenters. The predicted octanol–water partition coefficient (Wildman–Crippen LogP) is 5.27. The Morgan fingerprint density at radius 2 is 1.81 bits per heavy atom. The first kappa shape index (κ1) is 25.5. The van der Waals surface area contributed by atoms with Gasteiger partial charge in [-0.15, -0.1) is 0 Å². The van der Waals surface area contributed by atoms with E-state index < -0.39 is 29.5 Å². The van der Waals surface area contributed by atoms with Crippen LogP contribution < -0.4 is 15.4 Å². The number of alkyl halides is 3. The SMILES string of the molecule is CCNc1ccc(C(F)(F)F)cc1NC(=O)C(CCc1cc(OC)ccc1Br)C(=O)OC. The molecule has 0 fully saturated rings. The van der Waals surface area contributed by atoms with E-state index in [0.29, 0.717) is 24.4 Å². The number of hydrogen-bond donors (Lipinski definition) is 2. The normalized spacial score (nSPS) is 12.1. The molecule has 2 aromatic carbocycles. The lowest BCUT2D eigenvalue weighted by Gasteiger charge is -2.19. The second kappa shape index (κ2) is 11.2. The van der Waals surface area contributed by atoms with E-state index in [1.807, 2.05) is 0 Å². The van der Waals surface area contributed by atoms with Gasteiger partial charge in [-0.05, 0) is 61.7 Å². The average Bonchev–Trinajstić information content (AvgIpc) is 2.75. The van der Waals surface area contributed by atoms with E-state index in [-0.39, 0.29) is 12.1 Å². The molecule has 0 aliphatic heterocycles. The van der Waals surface area contributed by atoms with Crippen molar-refractivity contribution in [3.05, 3.63) is 52.0 Å². The summed E-state index contributed by atoms with van der Waals surface area (Å²) in [6.45, 7) is 2.20. The number of amides is 1. The van der Waals surface area contributed by atoms with Gasteiger partial charge in [0.05, 0.1) is 31.2 Å². The fourth-order valence-electron chi connectivity index (χ4n) is 3.06. The Hall–Kier alpha value is -2.75. The van der Waals surface area contributed by atoms with Gasteiger partial charge < -0.3 is 20.1 Å². The van der Waals surface area contributed by atoms with Crippen LogP contribution in [0.15, 0.2) is 40.9 Å². The molecule has 0 aromatic heterocycles. The van der Waals surface area contributed by atoms with Gasteiger partial charge in [0.2, 0.25) is 5.91 Å². The van der Waals surface area contributed by atoms with Crippen molar-refractivity contribution in [3.63, 3.8) is 0 Å². The molecule has 10 heteroatoms. The van der Waals surface area contributed by atoms with Crippen molar-refractivity contribution in [2.75, 3.05) is 31.4 Å². The minimum atomic E-state index is -4.58. The second-order valence-corrected chi connectivity index (χ2v) is 7.70. The number of carbonyl (C=O) groups is 2. The number of benzene rings is 2. The highest BCUT2D eigenvalue weighted by Gasteiger charge is 2.32. The minimum absolute atomic E-state index is 0.0665. The zero-order chi connectivity index (χ0) is 23.9. The molecule has 6 nitrogen and oxygen atoms in total. The maximum absolute atomic E-state index is 13.2. The highest BCUT2D eigenvalue weighted by molar-refractivity contribution is 9.10. The molecule has 2 N–H and O–H groups in total. The monoisotopic (exact) mass is 516 g/mol. The minimum Gasteiger partial charge on any atom is -0.497 e. The average molecular weight is 517 g/mol. The van der Waals surface area contributed by atoms with Crippen LogP contribution in [0.5, 0.6) is 5.75 Å². The number of ether oxygens (including phenoxy) is 2. The Bertz CT molecular complexity index is 967. The van der Waals surface area contributed by atoms with Gasteiger partial charge in [-0.1, -0.05) is 15.9 Å². The molecule has 174 valence electrons. The molecular formula is C22H24BrF3N2O4. The molecule has 0 aliphatic carbocycles. The number of carbonyl (C=O) groups excluding carboxylic acids is 2. The molecule has 2 aromatic rings. The summed E-state index contributed by atoms with van der Waals surface area (Å²) < 4.78 is 50.2. The smallest absolute Gasteiger partial charge is 0.416 e. The number of anilines is 2. The first-order valence-electron chi connectivity index (χ1n) is 9.76. The molecule has 0 aliphatic rings. The fraction of sp³-hybridized carbons (Fsp3) is 0.364. The van der Waals surface area contributed by atoms with Crippen LogP contribution in [0.25, 0.3) is 0 Å². The Balaban J connectivity index is 2.27. The number of nitrogens with one attached hydrogen (secondary N) is 2. The van der Waals surface area contributed by atoms with E-state index in [0.717, 1.165) is 29.3 Å². The van der Waals surface area contributed by atoms with E-state index in [1.54, 1.807) is 25.1 Å². The van der Waals surface area contributed by atoms with E-state index in [1.165, 1.54) is 13.2 Å². The lowest BCUT2D eigenvalue weighted by molar-refractivity contribution is -0.149. The maximum Gasteiger partial charge on any atom is 0.416 e. The van der Waals surface area contributed by atoms with Gasteiger partial charge in [-0.2, -0.15) is 13.2 Å². The molecule has 0 saturated heterocycles. The Labute approximate surface area is 192 Å². The highest BCUT2D eigenvalue weighted by Crippen LogP contribution is 2.34. The topological polar surface area (TPSA) is 76.7 Å². The van der Waals surface area contributed by atoms with Crippen LogP contribution in [0.3, 0.4) is 0 Å². The van der Waals surface area contributed by atoms with Crippen LogP contribution in [0.4, 0.5) is 24.5 Å². The molecule has 0 bridgehead atoms. The van der Waals surface area contributed by atoms with Crippen molar-refractivity contribution in [2.24, 2.45) is 5.92 Å².